The molecule has 1 aromatic rings. The molecule has 0 amide bonds. The van der Waals surface area contributed by atoms with E-state index in [0.29, 0.717) is 5.69 Å². The molecule has 0 spiro atoms. The third kappa shape index (κ3) is 2.42. The molecule has 17 heavy (non-hydrogen) atoms. The molecule has 0 saturated carbocycles. The number of hydrogen-bond donors (Lipinski definition) is 2. The Balaban J connectivity index is 2.07. The lowest BCUT2D eigenvalue weighted by Gasteiger charge is -2.41. The van der Waals surface area contributed by atoms with Crippen LogP contribution in [-0.4, -0.2) is 37.4 Å². The average molecular weight is 238 g/mol. The number of nitrogens with one attached hydrogen (secondary N) is 1. The number of hydrogen-bond acceptors (Lipinski definition) is 3. The third-order valence-corrected chi connectivity index (χ3v) is 3.75. The molecular formula is C13H19FN2O. The summed E-state index contributed by atoms with van der Waals surface area (Å²) in [7, 11) is 1.87. The predicted molar refractivity (Wildman–Crippen MR) is 66.7 cm³/mol. The quantitative estimate of drug-likeness (QED) is 0.835. The van der Waals surface area contributed by atoms with Gasteiger partial charge in [0.15, 0.2) is 0 Å². The number of benzene rings is 1. The Labute approximate surface area is 101 Å². The Morgan fingerprint density at radius 3 is 2.53 bits per heavy atom. The lowest BCUT2D eigenvalue weighted by molar-refractivity contribution is 0.142. The Hall–Kier alpha value is -1.13. The van der Waals surface area contributed by atoms with Gasteiger partial charge in [-0.1, -0.05) is 12.1 Å². The van der Waals surface area contributed by atoms with E-state index in [2.05, 4.69) is 5.32 Å². The van der Waals surface area contributed by atoms with Crippen molar-refractivity contribution in [2.75, 3.05) is 31.6 Å². The molecule has 2 rings (SSSR count). The summed E-state index contributed by atoms with van der Waals surface area (Å²) in [5.41, 5.74) is 0.469. The van der Waals surface area contributed by atoms with Crippen LogP contribution < -0.4 is 10.2 Å². The fourth-order valence-electron chi connectivity index (χ4n) is 2.37. The Morgan fingerprint density at radius 2 is 2.00 bits per heavy atom. The zero-order valence-corrected chi connectivity index (χ0v) is 10.1. The van der Waals surface area contributed by atoms with E-state index in [1.807, 2.05) is 18.0 Å². The monoisotopic (exact) mass is 238 g/mol. The van der Waals surface area contributed by atoms with Crippen LogP contribution in [0.1, 0.15) is 12.8 Å². The molecule has 0 bridgehead atoms. The normalized spacial score (nSPS) is 19.4. The maximum Gasteiger partial charge on any atom is 0.146 e. The van der Waals surface area contributed by atoms with Gasteiger partial charge in [-0.2, -0.15) is 0 Å². The lowest BCUT2D eigenvalue weighted by atomic mass is 9.88. The molecule has 0 radical (unpaired) electrons. The van der Waals surface area contributed by atoms with E-state index >= 15 is 0 Å². The molecule has 1 heterocycles. The van der Waals surface area contributed by atoms with Crippen LogP contribution in [0.2, 0.25) is 0 Å². The minimum absolute atomic E-state index is 0.134. The Kier molecular flexibility index (Phi) is 3.64. The van der Waals surface area contributed by atoms with Crippen LogP contribution in [0.5, 0.6) is 0 Å². The predicted octanol–water partition coefficient (Wildman–Crippen LogP) is 1.38. The van der Waals surface area contributed by atoms with Crippen molar-refractivity contribution in [3.05, 3.63) is 30.1 Å². The van der Waals surface area contributed by atoms with Crippen molar-refractivity contribution in [1.29, 1.82) is 0 Å². The van der Waals surface area contributed by atoms with Gasteiger partial charge < -0.3 is 15.3 Å². The standard InChI is InChI=1S/C13H19FN2O/c1-15-13(10-17)6-8-16(9-7-13)12-5-3-2-4-11(12)14/h2-5,15,17H,6-10H2,1H3. The highest BCUT2D eigenvalue weighted by atomic mass is 19.1. The van der Waals surface area contributed by atoms with Crippen molar-refractivity contribution in [2.24, 2.45) is 0 Å². The van der Waals surface area contributed by atoms with Gasteiger partial charge in [-0.3, -0.25) is 0 Å². The highest BCUT2D eigenvalue weighted by Gasteiger charge is 2.32. The van der Waals surface area contributed by atoms with Crippen molar-refractivity contribution in [3.8, 4) is 0 Å². The van der Waals surface area contributed by atoms with Gasteiger partial charge in [-0.15, -0.1) is 0 Å². The van der Waals surface area contributed by atoms with E-state index in [4.69, 9.17) is 0 Å². The van der Waals surface area contributed by atoms with E-state index in [-0.39, 0.29) is 18.0 Å². The second kappa shape index (κ2) is 5.02. The van der Waals surface area contributed by atoms with Crippen LogP contribution in [0.4, 0.5) is 10.1 Å². The molecule has 0 aliphatic carbocycles. The molecule has 0 atom stereocenters. The number of aliphatic hydroxyl groups excluding tert-OH is 1. The van der Waals surface area contributed by atoms with Crippen molar-refractivity contribution < 1.29 is 9.50 Å². The molecule has 2 N–H and O–H groups in total. The number of aliphatic hydroxyl groups is 1. The SMILES string of the molecule is CNC1(CO)CCN(c2ccccc2F)CC1. The first-order valence-electron chi connectivity index (χ1n) is 6.00. The molecule has 1 aromatic carbocycles. The van der Waals surface area contributed by atoms with E-state index in [1.54, 1.807) is 12.1 Å². The third-order valence-electron chi connectivity index (χ3n) is 3.75. The maximum atomic E-state index is 13.6. The fraction of sp³-hybridized carbons (Fsp3) is 0.538. The van der Waals surface area contributed by atoms with Gasteiger partial charge in [0.05, 0.1) is 12.3 Å². The van der Waals surface area contributed by atoms with Gasteiger partial charge in [-0.25, -0.2) is 4.39 Å². The van der Waals surface area contributed by atoms with E-state index in [1.165, 1.54) is 6.07 Å². The fourth-order valence-corrected chi connectivity index (χ4v) is 2.37. The lowest BCUT2D eigenvalue weighted by Crippen LogP contribution is -2.54. The second-order valence-corrected chi connectivity index (χ2v) is 4.63. The summed E-state index contributed by atoms with van der Waals surface area (Å²) < 4.78 is 13.6. The van der Waals surface area contributed by atoms with Crippen molar-refractivity contribution in [1.82, 2.24) is 5.32 Å². The number of para-hydroxylation sites is 1. The summed E-state index contributed by atoms with van der Waals surface area (Å²) in [5, 5.41) is 12.6. The number of nitrogens with zero attached hydrogens (tertiary/aromatic N) is 1. The summed E-state index contributed by atoms with van der Waals surface area (Å²) >= 11 is 0. The first-order chi connectivity index (χ1) is 8.21. The Morgan fingerprint density at radius 1 is 1.35 bits per heavy atom. The summed E-state index contributed by atoms with van der Waals surface area (Å²) in [5.74, 6) is -0.173. The van der Waals surface area contributed by atoms with Crippen molar-refractivity contribution >= 4 is 5.69 Å². The van der Waals surface area contributed by atoms with E-state index in [9.17, 15) is 9.50 Å². The number of anilines is 1. The number of halogens is 1. The molecule has 94 valence electrons. The van der Waals surface area contributed by atoms with Crippen LogP contribution in [0.3, 0.4) is 0 Å². The van der Waals surface area contributed by atoms with Gasteiger partial charge in [0.1, 0.15) is 5.82 Å². The van der Waals surface area contributed by atoms with Crippen molar-refractivity contribution in [3.63, 3.8) is 0 Å². The number of rotatable bonds is 3. The van der Waals surface area contributed by atoms with Gasteiger partial charge >= 0.3 is 0 Å². The summed E-state index contributed by atoms with van der Waals surface area (Å²) in [6.45, 7) is 1.67. The van der Waals surface area contributed by atoms with Gasteiger partial charge in [0.2, 0.25) is 0 Å². The molecule has 4 heteroatoms. The van der Waals surface area contributed by atoms with Crippen LogP contribution >= 0.6 is 0 Å². The zero-order valence-electron chi connectivity index (χ0n) is 10.1. The van der Waals surface area contributed by atoms with Crippen LogP contribution in [-0.2, 0) is 0 Å². The van der Waals surface area contributed by atoms with Crippen LogP contribution in [0, 0.1) is 5.82 Å². The molecule has 0 aromatic heterocycles. The highest BCUT2D eigenvalue weighted by Crippen LogP contribution is 2.27. The molecular weight excluding hydrogens is 219 g/mol. The number of piperidine rings is 1. The van der Waals surface area contributed by atoms with Gasteiger partial charge in [0, 0.05) is 18.6 Å². The molecule has 3 nitrogen and oxygen atoms in total. The smallest absolute Gasteiger partial charge is 0.146 e. The Bertz CT molecular complexity index is 369. The maximum absolute atomic E-state index is 13.6. The van der Waals surface area contributed by atoms with Crippen LogP contribution in [0.15, 0.2) is 24.3 Å². The first kappa shape index (κ1) is 12.3. The first-order valence-corrected chi connectivity index (χ1v) is 6.00. The van der Waals surface area contributed by atoms with Crippen LogP contribution in [0.25, 0.3) is 0 Å². The van der Waals surface area contributed by atoms with E-state index in [0.717, 1.165) is 25.9 Å². The second-order valence-electron chi connectivity index (χ2n) is 4.63. The zero-order chi connectivity index (χ0) is 12.3. The molecule has 1 aliphatic rings. The largest absolute Gasteiger partial charge is 0.394 e. The van der Waals surface area contributed by atoms with E-state index < -0.39 is 0 Å². The molecule has 0 unspecified atom stereocenters. The highest BCUT2D eigenvalue weighted by molar-refractivity contribution is 5.48. The summed E-state index contributed by atoms with van der Waals surface area (Å²) in [6, 6.07) is 6.85. The van der Waals surface area contributed by atoms with Gasteiger partial charge in [-0.05, 0) is 32.0 Å². The topological polar surface area (TPSA) is 35.5 Å². The number of likely N-dealkylation sites (N-methyl/N-ethyl adjacent to an activating group) is 1. The summed E-state index contributed by atoms with van der Waals surface area (Å²) in [4.78, 5) is 2.04. The van der Waals surface area contributed by atoms with Gasteiger partial charge in [0.25, 0.3) is 0 Å². The molecule has 1 saturated heterocycles. The average Bonchev–Trinajstić information content (AvgIpc) is 2.40. The molecule has 1 aliphatic heterocycles. The minimum atomic E-state index is -0.193. The minimum Gasteiger partial charge on any atom is -0.394 e. The molecule has 1 fully saturated rings. The van der Waals surface area contributed by atoms with Crippen molar-refractivity contribution in [2.45, 2.75) is 18.4 Å². The summed E-state index contributed by atoms with van der Waals surface area (Å²) in [6.07, 6.45) is 1.66.